The summed E-state index contributed by atoms with van der Waals surface area (Å²) in [6, 6.07) is 17.1. The van der Waals surface area contributed by atoms with Gasteiger partial charge >= 0.3 is 5.97 Å². The van der Waals surface area contributed by atoms with Gasteiger partial charge in [0.1, 0.15) is 12.6 Å². The van der Waals surface area contributed by atoms with Gasteiger partial charge in [0.05, 0.1) is 18.1 Å². The van der Waals surface area contributed by atoms with Crippen molar-refractivity contribution < 1.29 is 14.3 Å². The number of methoxy groups -OCH3 is 1. The van der Waals surface area contributed by atoms with Gasteiger partial charge in [-0.25, -0.2) is 9.78 Å². The van der Waals surface area contributed by atoms with Crippen LogP contribution in [0.4, 0.5) is 0 Å². The van der Waals surface area contributed by atoms with Crippen LogP contribution in [0.2, 0.25) is 0 Å². The zero-order chi connectivity index (χ0) is 17.4. The largest absolute Gasteiger partial charge is 0.464 e. The molecule has 0 unspecified atom stereocenters. The normalized spacial score (nSPS) is 10.9. The fourth-order valence-corrected chi connectivity index (χ4v) is 3.08. The van der Waals surface area contributed by atoms with Gasteiger partial charge in [0.25, 0.3) is 0 Å². The SMILES string of the molecule is COC(=O)c1cc2c(-c3ccc(C=O)cc3)c3ccccc3n2cn1. The number of esters is 1. The van der Waals surface area contributed by atoms with Crippen LogP contribution in [0.5, 0.6) is 0 Å². The van der Waals surface area contributed by atoms with Crippen molar-refractivity contribution in [3.8, 4) is 11.1 Å². The Bertz CT molecular complexity index is 1110. The molecule has 0 bridgehead atoms. The third kappa shape index (κ3) is 2.37. The van der Waals surface area contributed by atoms with E-state index in [1.165, 1.54) is 7.11 Å². The van der Waals surface area contributed by atoms with Crippen molar-refractivity contribution in [1.82, 2.24) is 9.38 Å². The molecule has 0 aliphatic rings. The number of ether oxygens (including phenoxy) is 1. The Morgan fingerprint density at radius 2 is 1.84 bits per heavy atom. The van der Waals surface area contributed by atoms with Crippen molar-refractivity contribution in [1.29, 1.82) is 0 Å². The maximum atomic E-state index is 11.9. The average Bonchev–Trinajstić information content (AvgIpc) is 3.01. The first-order chi connectivity index (χ1) is 12.2. The predicted octanol–water partition coefficient (Wildman–Crippen LogP) is 3.75. The minimum absolute atomic E-state index is 0.253. The van der Waals surface area contributed by atoms with E-state index in [1.807, 2.05) is 40.8 Å². The van der Waals surface area contributed by atoms with E-state index in [0.29, 0.717) is 5.56 Å². The van der Waals surface area contributed by atoms with Gasteiger partial charge in [0.15, 0.2) is 5.69 Å². The number of aromatic nitrogens is 2. The first kappa shape index (κ1) is 15.1. The van der Waals surface area contributed by atoms with Gasteiger partial charge in [-0.15, -0.1) is 0 Å². The van der Waals surface area contributed by atoms with E-state index >= 15 is 0 Å². The van der Waals surface area contributed by atoms with Gasteiger partial charge in [-0.1, -0.05) is 42.5 Å². The first-order valence-electron chi connectivity index (χ1n) is 7.75. The molecule has 4 aromatic rings. The van der Waals surface area contributed by atoms with E-state index in [4.69, 9.17) is 4.74 Å². The maximum absolute atomic E-state index is 11.9. The third-order valence-electron chi connectivity index (χ3n) is 4.26. The lowest BCUT2D eigenvalue weighted by Gasteiger charge is -2.04. The van der Waals surface area contributed by atoms with E-state index in [1.54, 1.807) is 24.5 Å². The Labute approximate surface area is 143 Å². The molecule has 0 radical (unpaired) electrons. The van der Waals surface area contributed by atoms with Crippen molar-refractivity contribution in [2.45, 2.75) is 0 Å². The molecule has 122 valence electrons. The number of benzene rings is 2. The van der Waals surface area contributed by atoms with Gasteiger partial charge in [-0.05, 0) is 17.7 Å². The molecule has 0 aliphatic heterocycles. The van der Waals surface area contributed by atoms with Crippen molar-refractivity contribution in [3.63, 3.8) is 0 Å². The lowest BCUT2D eigenvalue weighted by Crippen LogP contribution is -2.05. The van der Waals surface area contributed by atoms with Gasteiger partial charge in [0, 0.05) is 16.5 Å². The van der Waals surface area contributed by atoms with Crippen LogP contribution >= 0.6 is 0 Å². The number of hydrogen-bond donors (Lipinski definition) is 0. The smallest absolute Gasteiger partial charge is 0.356 e. The number of carbonyl (C=O) groups excluding carboxylic acids is 2. The molecule has 5 nitrogen and oxygen atoms in total. The van der Waals surface area contributed by atoms with Crippen LogP contribution in [0.1, 0.15) is 20.8 Å². The second-order valence-electron chi connectivity index (χ2n) is 5.65. The summed E-state index contributed by atoms with van der Waals surface area (Å²) >= 11 is 0. The Morgan fingerprint density at radius 3 is 2.56 bits per heavy atom. The van der Waals surface area contributed by atoms with Crippen molar-refractivity contribution >= 4 is 28.7 Å². The van der Waals surface area contributed by atoms with Gasteiger partial charge in [-0.3, -0.25) is 9.20 Å². The number of hydrogen-bond acceptors (Lipinski definition) is 4. The van der Waals surface area contributed by atoms with E-state index < -0.39 is 5.97 Å². The first-order valence-corrected chi connectivity index (χ1v) is 7.75. The molecule has 0 aliphatic carbocycles. The van der Waals surface area contributed by atoms with E-state index in [2.05, 4.69) is 4.98 Å². The Morgan fingerprint density at radius 1 is 1.08 bits per heavy atom. The van der Waals surface area contributed by atoms with Gasteiger partial charge in [0.2, 0.25) is 0 Å². The van der Waals surface area contributed by atoms with Gasteiger partial charge in [-0.2, -0.15) is 0 Å². The molecule has 5 heteroatoms. The minimum Gasteiger partial charge on any atom is -0.464 e. The molecule has 0 fully saturated rings. The lowest BCUT2D eigenvalue weighted by atomic mass is 10.0. The van der Waals surface area contributed by atoms with E-state index in [9.17, 15) is 9.59 Å². The molecular weight excluding hydrogens is 316 g/mol. The molecule has 0 N–H and O–H groups in total. The molecular formula is C20H14N2O3. The topological polar surface area (TPSA) is 60.7 Å². The molecule has 2 aromatic carbocycles. The van der Waals surface area contributed by atoms with Crippen LogP contribution in [0.25, 0.3) is 27.5 Å². The second kappa shape index (κ2) is 5.87. The zero-order valence-electron chi connectivity index (χ0n) is 13.5. The molecule has 0 spiro atoms. The van der Waals surface area contributed by atoms with E-state index in [-0.39, 0.29) is 5.69 Å². The van der Waals surface area contributed by atoms with Crippen LogP contribution in [0, 0.1) is 0 Å². The van der Waals surface area contributed by atoms with Crippen LogP contribution in [0.15, 0.2) is 60.9 Å². The molecule has 0 amide bonds. The Hall–Kier alpha value is -3.47. The number of carbonyl (C=O) groups is 2. The highest BCUT2D eigenvalue weighted by molar-refractivity contribution is 6.06. The van der Waals surface area contributed by atoms with Crippen LogP contribution in [0.3, 0.4) is 0 Å². The minimum atomic E-state index is -0.477. The molecule has 25 heavy (non-hydrogen) atoms. The summed E-state index contributed by atoms with van der Waals surface area (Å²) in [7, 11) is 1.34. The molecule has 0 saturated heterocycles. The molecule has 0 saturated carbocycles. The lowest BCUT2D eigenvalue weighted by molar-refractivity contribution is 0.0594. The van der Waals surface area contributed by atoms with Gasteiger partial charge < -0.3 is 4.74 Å². The average molecular weight is 330 g/mol. The van der Waals surface area contributed by atoms with Crippen LogP contribution < -0.4 is 0 Å². The third-order valence-corrected chi connectivity index (χ3v) is 4.26. The zero-order valence-corrected chi connectivity index (χ0v) is 13.5. The highest BCUT2D eigenvalue weighted by atomic mass is 16.5. The number of aldehydes is 1. The Balaban J connectivity index is 2.07. The summed E-state index contributed by atoms with van der Waals surface area (Å²) < 4.78 is 6.73. The number of para-hydroxylation sites is 1. The summed E-state index contributed by atoms with van der Waals surface area (Å²) in [6.45, 7) is 0. The standard InChI is InChI=1S/C20H14N2O3/c1-25-20(24)16-10-18-19(14-8-6-13(11-23)7-9-14)15-4-2-3-5-17(15)22(18)12-21-16/h2-12H,1H3. The van der Waals surface area contributed by atoms with Crippen molar-refractivity contribution in [3.05, 3.63) is 72.2 Å². The second-order valence-corrected chi connectivity index (χ2v) is 5.65. The highest BCUT2D eigenvalue weighted by Crippen LogP contribution is 2.35. The van der Waals surface area contributed by atoms with E-state index in [0.717, 1.165) is 33.8 Å². The fraction of sp³-hybridized carbons (Fsp3) is 0.0500. The summed E-state index contributed by atoms with van der Waals surface area (Å²) in [5.74, 6) is -0.477. The summed E-state index contributed by atoms with van der Waals surface area (Å²) in [5, 5.41) is 1.05. The summed E-state index contributed by atoms with van der Waals surface area (Å²) in [6.07, 6.45) is 2.45. The summed E-state index contributed by atoms with van der Waals surface area (Å²) in [4.78, 5) is 27.0. The molecule has 2 heterocycles. The number of fused-ring (bicyclic) bond motifs is 3. The Kier molecular flexibility index (Phi) is 3.54. The molecule has 2 aromatic heterocycles. The van der Waals surface area contributed by atoms with Crippen molar-refractivity contribution in [2.24, 2.45) is 0 Å². The van der Waals surface area contributed by atoms with Crippen LogP contribution in [-0.4, -0.2) is 28.7 Å². The highest BCUT2D eigenvalue weighted by Gasteiger charge is 2.16. The van der Waals surface area contributed by atoms with Crippen molar-refractivity contribution in [2.75, 3.05) is 7.11 Å². The predicted molar refractivity (Wildman–Crippen MR) is 94.9 cm³/mol. The summed E-state index contributed by atoms with van der Waals surface area (Å²) in [5.41, 5.74) is 4.68. The molecule has 4 rings (SSSR count). The number of nitrogens with zero attached hydrogens (tertiary/aromatic N) is 2. The van der Waals surface area contributed by atoms with Crippen LogP contribution in [-0.2, 0) is 4.74 Å². The quantitative estimate of drug-likeness (QED) is 0.424. The molecule has 0 atom stereocenters. The fourth-order valence-electron chi connectivity index (χ4n) is 3.08. The monoisotopic (exact) mass is 330 g/mol. The maximum Gasteiger partial charge on any atom is 0.356 e. The number of rotatable bonds is 3.